The Kier molecular flexibility index (Phi) is 3.34. The molecule has 2 N–H and O–H groups in total. The van der Waals surface area contributed by atoms with Crippen molar-refractivity contribution in [3.63, 3.8) is 0 Å². The van der Waals surface area contributed by atoms with Crippen molar-refractivity contribution in [2.45, 2.75) is 43.5 Å². The molecule has 1 saturated carbocycles. The van der Waals surface area contributed by atoms with E-state index in [1.807, 2.05) is 0 Å². The highest BCUT2D eigenvalue weighted by atomic mass is 32.2. The second kappa shape index (κ2) is 4.53. The fourth-order valence-electron chi connectivity index (χ4n) is 2.36. The summed E-state index contributed by atoms with van der Waals surface area (Å²) in [6.07, 6.45) is 6.58. The molecule has 14 heavy (non-hydrogen) atoms. The highest BCUT2D eigenvalue weighted by molar-refractivity contribution is 8.00. The number of nitrogens with one attached hydrogen (secondary N) is 1. The normalized spacial score (nSPS) is 33.7. The summed E-state index contributed by atoms with van der Waals surface area (Å²) in [7, 11) is 0. The van der Waals surface area contributed by atoms with E-state index in [4.69, 9.17) is 5.11 Å². The van der Waals surface area contributed by atoms with E-state index in [0.29, 0.717) is 5.37 Å². The molecule has 1 aliphatic heterocycles. The Labute approximate surface area is 88.6 Å². The third-order valence-corrected chi connectivity index (χ3v) is 4.43. The maximum atomic E-state index is 10.7. The van der Waals surface area contributed by atoms with E-state index in [0.717, 1.165) is 18.1 Å². The summed E-state index contributed by atoms with van der Waals surface area (Å²) in [4.78, 5) is 10.7. The second-order valence-electron chi connectivity index (χ2n) is 4.27. The third kappa shape index (κ3) is 2.42. The number of carboxylic acid groups (broad SMARTS) is 1. The Morgan fingerprint density at radius 2 is 2.14 bits per heavy atom. The maximum Gasteiger partial charge on any atom is 0.321 e. The van der Waals surface area contributed by atoms with Crippen molar-refractivity contribution in [3.05, 3.63) is 0 Å². The molecule has 0 aromatic carbocycles. The van der Waals surface area contributed by atoms with Gasteiger partial charge in [-0.1, -0.05) is 25.7 Å². The number of carboxylic acids is 1. The molecule has 2 rings (SSSR count). The molecule has 2 aliphatic rings. The first kappa shape index (κ1) is 10.3. The SMILES string of the molecule is O=C(O)[C@@H]1CSC(CC2CCCC2)N1. The molecule has 0 aromatic heterocycles. The first-order valence-corrected chi connectivity index (χ1v) is 6.41. The first-order chi connectivity index (χ1) is 6.75. The lowest BCUT2D eigenvalue weighted by Gasteiger charge is -2.15. The zero-order chi connectivity index (χ0) is 9.97. The molecular formula is C10H17NO2S. The monoisotopic (exact) mass is 215 g/mol. The zero-order valence-electron chi connectivity index (χ0n) is 8.24. The highest BCUT2D eigenvalue weighted by Crippen LogP contribution is 2.33. The van der Waals surface area contributed by atoms with Crippen LogP contribution in [0.4, 0.5) is 0 Å². The molecule has 4 heteroatoms. The van der Waals surface area contributed by atoms with Gasteiger partial charge < -0.3 is 5.11 Å². The Hall–Kier alpha value is -0.220. The summed E-state index contributed by atoms with van der Waals surface area (Å²) in [5.41, 5.74) is 0. The predicted octanol–water partition coefficient (Wildman–Crippen LogP) is 1.68. The predicted molar refractivity (Wildman–Crippen MR) is 57.4 cm³/mol. The summed E-state index contributed by atoms with van der Waals surface area (Å²) in [5.74, 6) is 0.867. The van der Waals surface area contributed by atoms with Crippen molar-refractivity contribution in [3.8, 4) is 0 Å². The van der Waals surface area contributed by atoms with Crippen LogP contribution in [0.25, 0.3) is 0 Å². The van der Waals surface area contributed by atoms with E-state index >= 15 is 0 Å². The zero-order valence-corrected chi connectivity index (χ0v) is 9.05. The summed E-state index contributed by atoms with van der Waals surface area (Å²) >= 11 is 1.77. The molecule has 1 aliphatic carbocycles. The number of hydrogen-bond acceptors (Lipinski definition) is 3. The molecule has 2 fully saturated rings. The number of carbonyl (C=O) groups is 1. The lowest BCUT2D eigenvalue weighted by Crippen LogP contribution is -2.37. The van der Waals surface area contributed by atoms with Gasteiger partial charge in [0.1, 0.15) is 6.04 Å². The summed E-state index contributed by atoms with van der Waals surface area (Å²) in [6.45, 7) is 0. The van der Waals surface area contributed by atoms with Gasteiger partial charge in [-0.3, -0.25) is 10.1 Å². The number of rotatable bonds is 3. The fourth-order valence-corrected chi connectivity index (χ4v) is 3.69. The molecule has 0 amide bonds. The molecule has 0 radical (unpaired) electrons. The van der Waals surface area contributed by atoms with E-state index in [-0.39, 0.29) is 6.04 Å². The standard InChI is InChI=1S/C10H17NO2S/c12-10(13)8-6-14-9(11-8)5-7-3-1-2-4-7/h7-9,11H,1-6H2,(H,12,13)/t8-,9?/m0/s1. The van der Waals surface area contributed by atoms with Crippen molar-refractivity contribution in [1.29, 1.82) is 0 Å². The number of aliphatic carboxylic acids is 1. The molecule has 1 unspecified atom stereocenters. The summed E-state index contributed by atoms with van der Waals surface area (Å²) < 4.78 is 0. The molecular weight excluding hydrogens is 198 g/mol. The van der Waals surface area contributed by atoms with Gasteiger partial charge in [0.25, 0.3) is 0 Å². The molecule has 80 valence electrons. The lowest BCUT2D eigenvalue weighted by molar-refractivity contribution is -0.138. The van der Waals surface area contributed by atoms with Crippen LogP contribution in [0.5, 0.6) is 0 Å². The topological polar surface area (TPSA) is 49.3 Å². The maximum absolute atomic E-state index is 10.7. The minimum Gasteiger partial charge on any atom is -0.480 e. The van der Waals surface area contributed by atoms with E-state index in [9.17, 15) is 4.79 Å². The highest BCUT2D eigenvalue weighted by Gasteiger charge is 2.31. The van der Waals surface area contributed by atoms with Crippen LogP contribution >= 0.6 is 11.8 Å². The average Bonchev–Trinajstić information content (AvgIpc) is 2.75. The van der Waals surface area contributed by atoms with E-state index in [2.05, 4.69) is 5.32 Å². The van der Waals surface area contributed by atoms with Gasteiger partial charge in [0, 0.05) is 5.75 Å². The van der Waals surface area contributed by atoms with Crippen molar-refractivity contribution in [1.82, 2.24) is 5.32 Å². The summed E-state index contributed by atoms with van der Waals surface area (Å²) in [5, 5.41) is 12.4. The first-order valence-electron chi connectivity index (χ1n) is 5.36. The smallest absolute Gasteiger partial charge is 0.321 e. The van der Waals surface area contributed by atoms with Crippen LogP contribution in [0, 0.1) is 5.92 Å². The van der Waals surface area contributed by atoms with E-state index < -0.39 is 5.97 Å². The largest absolute Gasteiger partial charge is 0.480 e. The van der Waals surface area contributed by atoms with Crippen LogP contribution in [-0.2, 0) is 4.79 Å². The molecule has 0 bridgehead atoms. The molecule has 1 saturated heterocycles. The Morgan fingerprint density at radius 1 is 1.43 bits per heavy atom. The van der Waals surface area contributed by atoms with Crippen LogP contribution in [0.2, 0.25) is 0 Å². The number of hydrogen-bond donors (Lipinski definition) is 2. The Balaban J connectivity index is 1.75. The molecule has 0 spiro atoms. The Bertz CT molecular complexity index is 216. The van der Waals surface area contributed by atoms with Crippen molar-refractivity contribution in [2.75, 3.05) is 5.75 Å². The second-order valence-corrected chi connectivity index (χ2v) is 5.50. The minimum atomic E-state index is -0.702. The van der Waals surface area contributed by atoms with Crippen molar-refractivity contribution < 1.29 is 9.90 Å². The molecule has 1 heterocycles. The van der Waals surface area contributed by atoms with Gasteiger partial charge in [-0.2, -0.15) is 0 Å². The van der Waals surface area contributed by atoms with Gasteiger partial charge in [-0.15, -0.1) is 11.8 Å². The van der Waals surface area contributed by atoms with Crippen molar-refractivity contribution in [2.24, 2.45) is 5.92 Å². The minimum absolute atomic E-state index is 0.314. The van der Waals surface area contributed by atoms with Crippen LogP contribution in [-0.4, -0.2) is 28.2 Å². The Morgan fingerprint density at radius 3 is 2.71 bits per heavy atom. The van der Waals surface area contributed by atoms with Crippen LogP contribution in [0.1, 0.15) is 32.1 Å². The number of thioether (sulfide) groups is 1. The van der Waals surface area contributed by atoms with Gasteiger partial charge in [-0.25, -0.2) is 0 Å². The molecule has 2 atom stereocenters. The van der Waals surface area contributed by atoms with Gasteiger partial charge in [0.15, 0.2) is 0 Å². The van der Waals surface area contributed by atoms with E-state index in [1.165, 1.54) is 25.7 Å². The van der Waals surface area contributed by atoms with Gasteiger partial charge in [0.2, 0.25) is 0 Å². The van der Waals surface area contributed by atoms with Crippen LogP contribution < -0.4 is 5.32 Å². The van der Waals surface area contributed by atoms with Gasteiger partial charge in [-0.05, 0) is 12.3 Å². The van der Waals surface area contributed by atoms with Crippen molar-refractivity contribution >= 4 is 17.7 Å². The lowest BCUT2D eigenvalue weighted by atomic mass is 10.0. The fraction of sp³-hybridized carbons (Fsp3) is 0.900. The molecule has 0 aromatic rings. The van der Waals surface area contributed by atoms with E-state index in [1.54, 1.807) is 11.8 Å². The third-order valence-electron chi connectivity index (χ3n) is 3.17. The van der Waals surface area contributed by atoms with Gasteiger partial charge in [0.05, 0.1) is 5.37 Å². The average molecular weight is 215 g/mol. The van der Waals surface area contributed by atoms with Crippen LogP contribution in [0.15, 0.2) is 0 Å². The van der Waals surface area contributed by atoms with Gasteiger partial charge >= 0.3 is 5.97 Å². The quantitative estimate of drug-likeness (QED) is 0.752. The molecule has 3 nitrogen and oxygen atoms in total. The van der Waals surface area contributed by atoms with Crippen LogP contribution in [0.3, 0.4) is 0 Å². The summed E-state index contributed by atoms with van der Waals surface area (Å²) in [6, 6.07) is -0.314.